The molecule has 31 heavy (non-hydrogen) atoms. The Hall–Kier alpha value is -2.34. The van der Waals surface area contributed by atoms with Gasteiger partial charge in [-0.3, -0.25) is 4.79 Å². The third kappa shape index (κ3) is 3.45. The summed E-state index contributed by atoms with van der Waals surface area (Å²) >= 11 is 0. The first-order valence-electron chi connectivity index (χ1n) is 11.6. The minimum Gasteiger partial charge on any atom is -0.480 e. The Labute approximate surface area is 182 Å². The van der Waals surface area contributed by atoms with Crippen LogP contribution in [0.4, 0.5) is 0 Å². The lowest BCUT2D eigenvalue weighted by Gasteiger charge is -2.47. The highest BCUT2D eigenvalue weighted by atomic mass is 16.5. The second kappa shape index (κ2) is 7.66. The number of ether oxygens (including phenoxy) is 1. The van der Waals surface area contributed by atoms with Crippen LogP contribution in [0.5, 0.6) is 5.75 Å². The van der Waals surface area contributed by atoms with Crippen molar-refractivity contribution in [2.45, 2.75) is 76.9 Å². The molecule has 0 bridgehead atoms. The Morgan fingerprint density at radius 2 is 2.03 bits per heavy atom. The van der Waals surface area contributed by atoms with E-state index in [2.05, 4.69) is 0 Å². The van der Waals surface area contributed by atoms with Crippen molar-refractivity contribution >= 4 is 16.9 Å². The molecule has 1 saturated heterocycles. The second-order valence-electron chi connectivity index (χ2n) is 9.61. The van der Waals surface area contributed by atoms with Crippen LogP contribution in [0.25, 0.3) is 11.0 Å². The average molecular weight is 426 g/mol. The number of piperidine rings is 1. The predicted molar refractivity (Wildman–Crippen MR) is 117 cm³/mol. The van der Waals surface area contributed by atoms with Gasteiger partial charge in [0, 0.05) is 35.5 Å². The fraction of sp³-hybridized carbons (Fsp3) is 0.600. The van der Waals surface area contributed by atoms with E-state index in [0.717, 1.165) is 67.0 Å². The molecule has 2 heterocycles. The summed E-state index contributed by atoms with van der Waals surface area (Å²) in [5.41, 5.74) is 2.36. The number of amides is 1. The zero-order chi connectivity index (χ0) is 21.8. The van der Waals surface area contributed by atoms with Crippen molar-refractivity contribution in [3.05, 3.63) is 39.2 Å². The fourth-order valence-corrected chi connectivity index (χ4v) is 5.86. The number of aryl methyl sites for hydroxylation is 2. The Balaban J connectivity index is 1.35. The molecule has 2 aliphatic carbocycles. The smallest absolute Gasteiger partial charge is 0.339 e. The van der Waals surface area contributed by atoms with Crippen LogP contribution >= 0.6 is 0 Å². The van der Waals surface area contributed by atoms with E-state index in [4.69, 9.17) is 9.15 Å². The maximum atomic E-state index is 13.1. The van der Waals surface area contributed by atoms with Crippen molar-refractivity contribution in [1.82, 2.24) is 4.90 Å². The summed E-state index contributed by atoms with van der Waals surface area (Å²) in [7, 11) is 0. The number of benzene rings is 1. The highest BCUT2D eigenvalue weighted by molar-refractivity contribution is 5.87. The minimum absolute atomic E-state index is 0.0532. The van der Waals surface area contributed by atoms with Gasteiger partial charge >= 0.3 is 5.63 Å². The summed E-state index contributed by atoms with van der Waals surface area (Å²) < 4.78 is 11.7. The number of carbonyl (C=O) groups excluding carboxylic acids is 1. The summed E-state index contributed by atoms with van der Waals surface area (Å²) in [6, 6.07) is 3.83. The van der Waals surface area contributed by atoms with Crippen LogP contribution in [0.1, 0.15) is 62.1 Å². The maximum absolute atomic E-state index is 13.1. The van der Waals surface area contributed by atoms with Gasteiger partial charge in [-0.05, 0) is 70.1 Å². The zero-order valence-corrected chi connectivity index (χ0v) is 18.4. The molecule has 6 nitrogen and oxygen atoms in total. The molecule has 166 valence electrons. The first-order chi connectivity index (χ1) is 14.9. The molecular weight excluding hydrogens is 394 g/mol. The van der Waals surface area contributed by atoms with E-state index in [1.54, 1.807) is 6.92 Å². The number of nitrogens with zero attached hydrogens (tertiary/aromatic N) is 1. The largest absolute Gasteiger partial charge is 0.480 e. The molecule has 5 rings (SSSR count). The molecule has 1 amide bonds. The number of likely N-dealkylation sites (tertiary alicyclic amines) is 1. The van der Waals surface area contributed by atoms with Crippen molar-refractivity contribution < 1.29 is 19.1 Å². The first-order valence-corrected chi connectivity index (χ1v) is 11.6. The maximum Gasteiger partial charge on any atom is 0.339 e. The third-order valence-electron chi connectivity index (χ3n) is 7.73. The molecule has 2 fully saturated rings. The van der Waals surface area contributed by atoms with Crippen LogP contribution in [-0.4, -0.2) is 40.7 Å². The fourth-order valence-electron chi connectivity index (χ4n) is 5.86. The molecule has 1 aliphatic heterocycles. The Bertz CT molecular complexity index is 1090. The lowest BCUT2D eigenvalue weighted by Crippen LogP contribution is -2.56. The van der Waals surface area contributed by atoms with Crippen LogP contribution < -0.4 is 10.4 Å². The molecule has 3 aliphatic rings. The first kappa shape index (κ1) is 20.6. The third-order valence-corrected chi connectivity index (χ3v) is 7.73. The van der Waals surface area contributed by atoms with Gasteiger partial charge in [0.25, 0.3) is 5.91 Å². The van der Waals surface area contributed by atoms with Gasteiger partial charge in [-0.25, -0.2) is 4.79 Å². The normalized spacial score (nSPS) is 26.4. The van der Waals surface area contributed by atoms with E-state index >= 15 is 0 Å². The summed E-state index contributed by atoms with van der Waals surface area (Å²) in [5.74, 6) is 0.674. The summed E-state index contributed by atoms with van der Waals surface area (Å²) in [6.45, 7) is 4.81. The van der Waals surface area contributed by atoms with E-state index in [1.807, 2.05) is 24.0 Å². The number of carbonyl (C=O) groups is 1. The van der Waals surface area contributed by atoms with Crippen LogP contribution in [0, 0.1) is 12.8 Å². The highest BCUT2D eigenvalue weighted by Crippen LogP contribution is 2.40. The molecule has 1 N–H and O–H groups in total. The summed E-state index contributed by atoms with van der Waals surface area (Å²) in [6.07, 6.45) is 6.66. The molecular formula is C25H31NO5. The minimum atomic E-state index is -0.646. The molecule has 1 saturated carbocycles. The van der Waals surface area contributed by atoms with E-state index in [-0.39, 0.29) is 17.5 Å². The molecule has 0 unspecified atom stereocenters. The van der Waals surface area contributed by atoms with Gasteiger partial charge in [-0.1, -0.05) is 12.8 Å². The second-order valence-corrected chi connectivity index (χ2v) is 9.61. The van der Waals surface area contributed by atoms with Crippen molar-refractivity contribution in [1.29, 1.82) is 0 Å². The molecule has 0 radical (unpaired) electrons. The van der Waals surface area contributed by atoms with E-state index < -0.39 is 11.7 Å². The van der Waals surface area contributed by atoms with Gasteiger partial charge in [0.05, 0.1) is 5.60 Å². The molecule has 3 atom stereocenters. The Morgan fingerprint density at radius 3 is 2.87 bits per heavy atom. The number of hydrogen-bond donors (Lipinski definition) is 1. The Kier molecular flexibility index (Phi) is 5.08. The molecule has 0 spiro atoms. The van der Waals surface area contributed by atoms with Gasteiger partial charge in [-0.15, -0.1) is 0 Å². The SMILES string of the molecule is Cc1c(O[C@@H](C)C(=O)N2CC[C@@]3(O)CCCC[C@@H]3C2)ccc2c3c(c(=O)oc12)CCC3. The van der Waals surface area contributed by atoms with Gasteiger partial charge in [0.15, 0.2) is 6.10 Å². The standard InChI is InChI=1S/C25H31NO5/c1-15-21(10-9-19-18-7-5-8-20(18)24(28)31-22(15)19)30-16(2)23(27)26-13-12-25(29)11-4-3-6-17(25)14-26/h9-10,16-17,29H,3-8,11-14H2,1-2H3/t16-,17+,25-/m0/s1. The van der Waals surface area contributed by atoms with Crippen LogP contribution in [0.3, 0.4) is 0 Å². The quantitative estimate of drug-likeness (QED) is 0.762. The number of hydrogen-bond acceptors (Lipinski definition) is 5. The van der Waals surface area contributed by atoms with Gasteiger partial charge in [0.2, 0.25) is 0 Å². The lowest BCUT2D eigenvalue weighted by atomic mass is 9.71. The van der Waals surface area contributed by atoms with E-state index in [9.17, 15) is 14.7 Å². The lowest BCUT2D eigenvalue weighted by molar-refractivity contribution is -0.149. The van der Waals surface area contributed by atoms with Gasteiger partial charge in [-0.2, -0.15) is 0 Å². The number of aliphatic hydroxyl groups is 1. The monoisotopic (exact) mass is 425 g/mol. The van der Waals surface area contributed by atoms with E-state index in [0.29, 0.717) is 30.8 Å². The van der Waals surface area contributed by atoms with Crippen molar-refractivity contribution in [3.8, 4) is 5.75 Å². The predicted octanol–water partition coefficient (Wildman–Crippen LogP) is 3.51. The summed E-state index contributed by atoms with van der Waals surface area (Å²) in [5, 5.41) is 11.9. The summed E-state index contributed by atoms with van der Waals surface area (Å²) in [4.78, 5) is 27.3. The van der Waals surface area contributed by atoms with E-state index in [1.165, 1.54) is 0 Å². The van der Waals surface area contributed by atoms with Gasteiger partial charge in [0.1, 0.15) is 11.3 Å². The van der Waals surface area contributed by atoms with Crippen LogP contribution in [0.2, 0.25) is 0 Å². The van der Waals surface area contributed by atoms with Crippen molar-refractivity contribution in [2.24, 2.45) is 5.92 Å². The highest BCUT2D eigenvalue weighted by Gasteiger charge is 2.44. The van der Waals surface area contributed by atoms with Gasteiger partial charge < -0.3 is 19.2 Å². The van der Waals surface area contributed by atoms with Crippen molar-refractivity contribution in [3.63, 3.8) is 0 Å². The topological polar surface area (TPSA) is 80.0 Å². The molecule has 1 aromatic carbocycles. The van der Waals surface area contributed by atoms with Crippen LogP contribution in [-0.2, 0) is 17.6 Å². The zero-order valence-electron chi connectivity index (χ0n) is 18.4. The number of fused-ring (bicyclic) bond motifs is 4. The Morgan fingerprint density at radius 1 is 1.23 bits per heavy atom. The molecule has 1 aromatic heterocycles. The van der Waals surface area contributed by atoms with Crippen LogP contribution in [0.15, 0.2) is 21.3 Å². The van der Waals surface area contributed by atoms with Crippen molar-refractivity contribution in [2.75, 3.05) is 13.1 Å². The number of rotatable bonds is 3. The molecule has 2 aromatic rings. The molecule has 6 heteroatoms. The average Bonchev–Trinajstić information content (AvgIpc) is 3.26.